The van der Waals surface area contributed by atoms with E-state index in [-0.39, 0.29) is 5.69 Å². The van der Waals surface area contributed by atoms with Gasteiger partial charge in [-0.2, -0.15) is 0 Å². The van der Waals surface area contributed by atoms with Gasteiger partial charge in [0, 0.05) is 12.1 Å². The quantitative estimate of drug-likeness (QED) is 0.470. The lowest BCUT2D eigenvalue weighted by molar-refractivity contribution is -0.915. The lowest BCUT2D eigenvalue weighted by atomic mass is 10.2. The molecule has 1 aliphatic heterocycles. The average molecular weight is 309 g/mol. The molecule has 1 aromatic carbocycles. The summed E-state index contributed by atoms with van der Waals surface area (Å²) in [5, 5.41) is 10.6. The van der Waals surface area contributed by atoms with Gasteiger partial charge in [-0.05, 0) is 38.8 Å². The number of non-ortho nitro benzene ring substituents is 1. The molecular weight excluding hydrogens is 284 g/mol. The fraction of sp³-hybridized carbons (Fsp3) is 0.625. The van der Waals surface area contributed by atoms with Crippen molar-refractivity contribution < 1.29 is 19.3 Å². The van der Waals surface area contributed by atoms with E-state index in [0.717, 1.165) is 32.5 Å². The molecule has 1 aliphatic rings. The topological polar surface area (TPSA) is 66.0 Å². The van der Waals surface area contributed by atoms with Gasteiger partial charge in [0.25, 0.3) is 5.69 Å². The van der Waals surface area contributed by atoms with Crippen LogP contribution in [0.2, 0.25) is 0 Å². The Morgan fingerprint density at radius 1 is 1.23 bits per heavy atom. The lowest BCUT2D eigenvalue weighted by Gasteiger charge is -2.32. The third kappa shape index (κ3) is 5.27. The number of nitrogens with one attached hydrogen (secondary N) is 1. The lowest BCUT2D eigenvalue weighted by Crippen LogP contribution is -3.15. The van der Waals surface area contributed by atoms with Crippen LogP contribution >= 0.6 is 0 Å². The first-order chi connectivity index (χ1) is 10.5. The molecule has 0 spiro atoms. The molecule has 0 saturated carbocycles. The first-order valence-electron chi connectivity index (χ1n) is 7.91. The summed E-state index contributed by atoms with van der Waals surface area (Å²) in [7, 11) is 0. The zero-order chi connectivity index (χ0) is 15.9. The Morgan fingerprint density at radius 2 is 1.86 bits per heavy atom. The highest BCUT2D eigenvalue weighted by atomic mass is 16.6. The fourth-order valence-corrected chi connectivity index (χ4v) is 2.92. The molecule has 1 heterocycles. The van der Waals surface area contributed by atoms with E-state index in [9.17, 15) is 10.1 Å². The van der Waals surface area contributed by atoms with Crippen molar-refractivity contribution in [3.8, 4) is 5.75 Å². The molecule has 3 atom stereocenters. The van der Waals surface area contributed by atoms with Crippen molar-refractivity contribution in [3.63, 3.8) is 0 Å². The van der Waals surface area contributed by atoms with Gasteiger partial charge in [0.2, 0.25) is 0 Å². The van der Waals surface area contributed by atoms with Gasteiger partial charge in [-0.1, -0.05) is 0 Å². The Labute approximate surface area is 131 Å². The zero-order valence-corrected chi connectivity index (χ0v) is 13.3. The number of quaternary nitrogens is 1. The van der Waals surface area contributed by atoms with Gasteiger partial charge in [0.15, 0.2) is 0 Å². The van der Waals surface area contributed by atoms with Gasteiger partial charge in [0.05, 0.1) is 18.1 Å². The number of ether oxygens (including phenoxy) is 2. The minimum Gasteiger partial charge on any atom is -0.494 e. The van der Waals surface area contributed by atoms with Gasteiger partial charge < -0.3 is 14.4 Å². The number of nitrogens with zero attached hydrogens (tertiary/aromatic N) is 1. The third-order valence-electron chi connectivity index (χ3n) is 3.86. The van der Waals surface area contributed by atoms with Crippen LogP contribution in [-0.4, -0.2) is 43.4 Å². The SMILES string of the molecule is C[C@@H]1C[NH+](CCCCOc2ccc([N+](=O)[O-])cc2)C[C@H](C)O1. The average Bonchev–Trinajstić information content (AvgIpc) is 2.46. The Bertz CT molecular complexity index is 468. The summed E-state index contributed by atoms with van der Waals surface area (Å²) in [6, 6.07) is 6.23. The number of hydrogen-bond acceptors (Lipinski definition) is 4. The smallest absolute Gasteiger partial charge is 0.269 e. The van der Waals surface area contributed by atoms with E-state index in [2.05, 4.69) is 13.8 Å². The van der Waals surface area contributed by atoms with Crippen molar-refractivity contribution in [2.45, 2.75) is 38.9 Å². The number of unbranched alkanes of at least 4 members (excludes halogenated alkanes) is 1. The Hall–Kier alpha value is -1.66. The van der Waals surface area contributed by atoms with Gasteiger partial charge >= 0.3 is 0 Å². The van der Waals surface area contributed by atoms with Crippen molar-refractivity contribution in [1.29, 1.82) is 0 Å². The molecular formula is C16H25N2O4+. The highest BCUT2D eigenvalue weighted by Crippen LogP contribution is 2.17. The normalized spacial score (nSPS) is 24.9. The van der Waals surface area contributed by atoms with Crippen molar-refractivity contribution in [2.24, 2.45) is 0 Å². The summed E-state index contributed by atoms with van der Waals surface area (Å²) in [5.41, 5.74) is 0.0894. The molecule has 22 heavy (non-hydrogen) atoms. The summed E-state index contributed by atoms with van der Waals surface area (Å²) in [6.07, 6.45) is 2.79. The molecule has 0 aliphatic carbocycles. The molecule has 1 aromatic rings. The Kier molecular flexibility index (Phi) is 6.15. The molecule has 1 fully saturated rings. The molecule has 1 unspecified atom stereocenters. The number of nitro benzene ring substituents is 1. The summed E-state index contributed by atoms with van der Waals surface area (Å²) < 4.78 is 11.4. The van der Waals surface area contributed by atoms with Gasteiger partial charge in [-0.3, -0.25) is 10.1 Å². The molecule has 122 valence electrons. The predicted molar refractivity (Wildman–Crippen MR) is 83.4 cm³/mol. The van der Waals surface area contributed by atoms with E-state index >= 15 is 0 Å². The molecule has 1 N–H and O–H groups in total. The summed E-state index contributed by atoms with van der Waals surface area (Å²) in [4.78, 5) is 11.8. The van der Waals surface area contributed by atoms with E-state index < -0.39 is 4.92 Å². The third-order valence-corrected chi connectivity index (χ3v) is 3.86. The van der Waals surface area contributed by atoms with Crippen LogP contribution in [0.5, 0.6) is 5.75 Å². The van der Waals surface area contributed by atoms with E-state index in [4.69, 9.17) is 9.47 Å². The maximum absolute atomic E-state index is 10.6. The van der Waals surface area contributed by atoms with Gasteiger partial charge in [-0.25, -0.2) is 0 Å². The van der Waals surface area contributed by atoms with E-state index in [1.807, 2.05) is 0 Å². The molecule has 0 aromatic heterocycles. The Morgan fingerprint density at radius 3 is 2.45 bits per heavy atom. The van der Waals surface area contributed by atoms with E-state index in [0.29, 0.717) is 24.6 Å². The summed E-state index contributed by atoms with van der Waals surface area (Å²) in [6.45, 7) is 8.20. The first kappa shape index (κ1) is 16.7. The van der Waals surface area contributed by atoms with Crippen LogP contribution in [0, 0.1) is 10.1 Å². The molecule has 6 nitrogen and oxygen atoms in total. The summed E-state index contributed by atoms with van der Waals surface area (Å²) >= 11 is 0. The second-order valence-corrected chi connectivity index (χ2v) is 5.97. The number of nitro groups is 1. The number of rotatable bonds is 7. The van der Waals surface area contributed by atoms with Crippen LogP contribution in [0.15, 0.2) is 24.3 Å². The van der Waals surface area contributed by atoms with Crippen molar-refractivity contribution in [3.05, 3.63) is 34.4 Å². The molecule has 2 rings (SSSR count). The predicted octanol–water partition coefficient (Wildman–Crippen LogP) is 1.45. The van der Waals surface area contributed by atoms with E-state index in [1.165, 1.54) is 12.1 Å². The molecule has 0 amide bonds. The molecule has 1 saturated heterocycles. The number of morpholine rings is 1. The molecule has 0 bridgehead atoms. The van der Waals surface area contributed by atoms with Crippen LogP contribution in [0.3, 0.4) is 0 Å². The molecule has 0 radical (unpaired) electrons. The summed E-state index contributed by atoms with van der Waals surface area (Å²) in [5.74, 6) is 0.687. The van der Waals surface area contributed by atoms with Crippen molar-refractivity contribution >= 4 is 5.69 Å². The minimum atomic E-state index is -0.406. The monoisotopic (exact) mass is 309 g/mol. The van der Waals surface area contributed by atoms with Crippen molar-refractivity contribution in [2.75, 3.05) is 26.2 Å². The minimum absolute atomic E-state index is 0.0894. The van der Waals surface area contributed by atoms with Crippen LogP contribution in [0.1, 0.15) is 26.7 Å². The van der Waals surface area contributed by atoms with Gasteiger partial charge in [0.1, 0.15) is 31.0 Å². The maximum atomic E-state index is 10.6. The molecule has 6 heteroatoms. The van der Waals surface area contributed by atoms with Crippen LogP contribution in [0.25, 0.3) is 0 Å². The van der Waals surface area contributed by atoms with Crippen LogP contribution < -0.4 is 9.64 Å². The number of hydrogen-bond donors (Lipinski definition) is 1. The van der Waals surface area contributed by atoms with E-state index in [1.54, 1.807) is 17.0 Å². The van der Waals surface area contributed by atoms with Crippen LogP contribution in [0.4, 0.5) is 5.69 Å². The zero-order valence-electron chi connectivity index (χ0n) is 13.3. The number of benzene rings is 1. The second-order valence-electron chi connectivity index (χ2n) is 5.97. The highest BCUT2D eigenvalue weighted by molar-refractivity contribution is 5.35. The fourth-order valence-electron chi connectivity index (χ4n) is 2.92. The highest BCUT2D eigenvalue weighted by Gasteiger charge is 2.24. The second kappa shape index (κ2) is 8.10. The Balaban J connectivity index is 1.62. The maximum Gasteiger partial charge on any atom is 0.269 e. The van der Waals surface area contributed by atoms with Gasteiger partial charge in [-0.15, -0.1) is 0 Å². The van der Waals surface area contributed by atoms with Crippen LogP contribution in [-0.2, 0) is 4.74 Å². The standard InChI is InChI=1S/C16H24N2O4/c1-13-11-17(12-14(2)22-13)9-3-4-10-21-16-7-5-15(6-8-16)18(19)20/h5-8,13-14H,3-4,9-12H2,1-2H3/p+1/t13-,14+. The van der Waals surface area contributed by atoms with Crippen molar-refractivity contribution in [1.82, 2.24) is 0 Å². The largest absolute Gasteiger partial charge is 0.494 e. The first-order valence-corrected chi connectivity index (χ1v) is 7.91.